The van der Waals surface area contributed by atoms with E-state index in [2.05, 4.69) is 32.7 Å². The van der Waals surface area contributed by atoms with Crippen LogP contribution in [0.25, 0.3) is 0 Å². The van der Waals surface area contributed by atoms with Gasteiger partial charge in [0, 0.05) is 51.0 Å². The lowest BCUT2D eigenvalue weighted by molar-refractivity contribution is -0.153. The summed E-state index contributed by atoms with van der Waals surface area (Å²) in [4.78, 5) is 20.5. The zero-order valence-corrected chi connectivity index (χ0v) is 19.1. The number of aliphatic hydroxyl groups excluding tert-OH is 1. The lowest BCUT2D eigenvalue weighted by atomic mass is 10.00. The molecule has 0 aliphatic carbocycles. The summed E-state index contributed by atoms with van der Waals surface area (Å²) in [6.45, 7) is 3.61. The Hall–Kier alpha value is -2.69. The maximum atomic E-state index is 12.7. The second kappa shape index (κ2) is 10.3. The summed E-state index contributed by atoms with van der Waals surface area (Å²) in [5.41, 5.74) is 3.71. The van der Waals surface area contributed by atoms with Gasteiger partial charge >= 0.3 is 6.18 Å². The molecule has 0 radical (unpaired) electrons. The molecule has 34 heavy (non-hydrogen) atoms. The first-order chi connectivity index (χ1) is 16.2. The minimum Gasteiger partial charge on any atom is -0.390 e. The second-order valence-corrected chi connectivity index (χ2v) is 9.15. The number of benzene rings is 1. The van der Waals surface area contributed by atoms with Crippen LogP contribution in [-0.2, 0) is 13.0 Å². The molecule has 2 aliphatic rings. The Morgan fingerprint density at radius 1 is 1.24 bits per heavy atom. The average molecular weight is 478 g/mol. The van der Waals surface area contributed by atoms with E-state index in [1.54, 1.807) is 19.2 Å². The van der Waals surface area contributed by atoms with Crippen molar-refractivity contribution < 1.29 is 23.1 Å². The third kappa shape index (κ3) is 6.46. The topological polar surface area (TPSA) is 80.7 Å². The summed E-state index contributed by atoms with van der Waals surface area (Å²) in [6, 6.07) is 9.74. The maximum absolute atomic E-state index is 12.7. The molecule has 0 unspecified atom stereocenters. The first-order valence-electron chi connectivity index (χ1n) is 11.4. The number of pyridine rings is 1. The Bertz CT molecular complexity index is 1010. The van der Waals surface area contributed by atoms with Gasteiger partial charge in [0.15, 0.2) is 0 Å². The normalized spacial score (nSPS) is 18.1. The predicted molar refractivity (Wildman–Crippen MR) is 123 cm³/mol. The maximum Gasteiger partial charge on any atom is 0.401 e. The third-order valence-corrected chi connectivity index (χ3v) is 6.24. The quantitative estimate of drug-likeness (QED) is 0.541. The van der Waals surface area contributed by atoms with E-state index in [1.807, 2.05) is 12.1 Å². The number of fused-ring (bicyclic) bond motifs is 1. The fraction of sp³-hybridized carbons (Fsp3) is 0.500. The van der Waals surface area contributed by atoms with Crippen molar-refractivity contribution in [1.82, 2.24) is 20.1 Å². The number of rotatable bonds is 8. The molecule has 0 saturated carbocycles. The van der Waals surface area contributed by atoms with Crippen LogP contribution in [0.2, 0.25) is 0 Å². The minimum atomic E-state index is -4.21. The van der Waals surface area contributed by atoms with Gasteiger partial charge in [-0.25, -0.2) is 4.98 Å². The zero-order valence-electron chi connectivity index (χ0n) is 19.1. The number of carbonyl (C=O) groups excluding carboxylic acids is 1. The number of aryl methyl sites for hydroxylation is 1. The Labute approximate surface area is 197 Å². The molecule has 3 heterocycles. The van der Waals surface area contributed by atoms with Crippen molar-refractivity contribution >= 4 is 11.7 Å². The number of aliphatic hydroxyl groups is 1. The number of alkyl halides is 3. The Kier molecular flexibility index (Phi) is 7.39. The number of nitrogens with zero attached hydrogens (tertiary/aromatic N) is 3. The monoisotopic (exact) mass is 477 g/mol. The fourth-order valence-electron chi connectivity index (χ4n) is 4.48. The first-order valence-corrected chi connectivity index (χ1v) is 11.4. The van der Waals surface area contributed by atoms with E-state index in [9.17, 15) is 23.1 Å². The van der Waals surface area contributed by atoms with Crippen LogP contribution in [0.1, 0.15) is 27.0 Å². The molecule has 0 bridgehead atoms. The van der Waals surface area contributed by atoms with Crippen molar-refractivity contribution in [1.29, 1.82) is 0 Å². The van der Waals surface area contributed by atoms with Crippen molar-refractivity contribution in [2.24, 2.45) is 0 Å². The second-order valence-electron chi connectivity index (χ2n) is 9.15. The van der Waals surface area contributed by atoms with Gasteiger partial charge in [-0.15, -0.1) is 0 Å². The molecule has 1 fully saturated rings. The van der Waals surface area contributed by atoms with E-state index in [0.29, 0.717) is 23.5 Å². The van der Waals surface area contributed by atoms with E-state index in [-0.39, 0.29) is 31.6 Å². The number of amides is 1. The van der Waals surface area contributed by atoms with Crippen LogP contribution in [0.15, 0.2) is 36.5 Å². The number of anilines is 1. The molecule has 3 N–H and O–H groups in total. The van der Waals surface area contributed by atoms with Crippen LogP contribution >= 0.6 is 0 Å². The number of likely N-dealkylation sites (tertiary alicyclic amines) is 1. The van der Waals surface area contributed by atoms with Gasteiger partial charge in [0.1, 0.15) is 5.82 Å². The smallest absolute Gasteiger partial charge is 0.390 e. The SMILES string of the molecule is Cc1cnc(NC2CN(CC(F)(F)F)C2)cc1C(=O)NC[C@H](O)CN1CCc2ccccc2C1. The molecule has 0 spiro atoms. The molecule has 4 rings (SSSR count). The summed E-state index contributed by atoms with van der Waals surface area (Å²) >= 11 is 0. The van der Waals surface area contributed by atoms with Crippen molar-refractivity contribution in [3.63, 3.8) is 0 Å². The highest BCUT2D eigenvalue weighted by atomic mass is 19.4. The molecule has 1 aromatic carbocycles. The van der Waals surface area contributed by atoms with Crippen molar-refractivity contribution in [2.75, 3.05) is 44.6 Å². The van der Waals surface area contributed by atoms with Gasteiger partial charge in [-0.2, -0.15) is 13.2 Å². The van der Waals surface area contributed by atoms with Crippen LogP contribution in [0, 0.1) is 6.92 Å². The van der Waals surface area contributed by atoms with E-state index < -0.39 is 18.8 Å². The molecule has 184 valence electrons. The van der Waals surface area contributed by atoms with E-state index in [4.69, 9.17) is 0 Å². The van der Waals surface area contributed by atoms with E-state index in [1.165, 1.54) is 16.0 Å². The number of aromatic nitrogens is 1. The molecule has 2 aliphatic heterocycles. The molecular weight excluding hydrogens is 447 g/mol. The first kappa shape index (κ1) is 24.4. The van der Waals surface area contributed by atoms with Gasteiger partial charge in [0.05, 0.1) is 18.7 Å². The third-order valence-electron chi connectivity index (χ3n) is 6.24. The van der Waals surface area contributed by atoms with Crippen molar-refractivity contribution in [2.45, 2.75) is 38.2 Å². The number of hydrogen-bond donors (Lipinski definition) is 3. The standard InChI is InChI=1S/C24H30F3N5O2/c1-16-9-28-22(30-19-12-32(13-19)15-24(25,26)27)8-21(16)23(34)29-10-20(33)14-31-7-6-17-4-2-3-5-18(17)11-31/h2-5,8-9,19-20,33H,6-7,10-15H2,1H3,(H,28,30)(H,29,34)/t20-/m0/s1. The summed E-state index contributed by atoms with van der Waals surface area (Å²) in [5, 5.41) is 16.3. The summed E-state index contributed by atoms with van der Waals surface area (Å²) < 4.78 is 37.3. The summed E-state index contributed by atoms with van der Waals surface area (Å²) in [5.74, 6) is 0.123. The zero-order chi connectivity index (χ0) is 24.3. The van der Waals surface area contributed by atoms with Gasteiger partial charge in [-0.1, -0.05) is 24.3 Å². The number of nitrogens with one attached hydrogen (secondary N) is 2. The van der Waals surface area contributed by atoms with Gasteiger partial charge in [0.25, 0.3) is 5.91 Å². The van der Waals surface area contributed by atoms with Gasteiger partial charge in [-0.05, 0) is 36.1 Å². The number of carbonyl (C=O) groups is 1. The molecule has 2 aromatic rings. The van der Waals surface area contributed by atoms with Crippen LogP contribution < -0.4 is 10.6 Å². The van der Waals surface area contributed by atoms with Crippen molar-refractivity contribution in [3.8, 4) is 0 Å². The largest absolute Gasteiger partial charge is 0.401 e. The van der Waals surface area contributed by atoms with Crippen LogP contribution in [0.4, 0.5) is 19.0 Å². The fourth-order valence-corrected chi connectivity index (χ4v) is 4.48. The molecule has 1 saturated heterocycles. The highest BCUT2D eigenvalue weighted by Gasteiger charge is 2.37. The Morgan fingerprint density at radius 3 is 2.71 bits per heavy atom. The molecule has 1 amide bonds. The highest BCUT2D eigenvalue weighted by Crippen LogP contribution is 2.22. The van der Waals surface area contributed by atoms with Crippen LogP contribution in [0.3, 0.4) is 0 Å². The molecule has 7 nitrogen and oxygen atoms in total. The Balaban J connectivity index is 1.24. The number of halogens is 3. The number of β-amino-alcohol motifs (C(OH)–C–C–N with tert-alkyl or cyclic N) is 1. The molecular formula is C24H30F3N5O2. The van der Waals surface area contributed by atoms with Gasteiger partial charge in [0.2, 0.25) is 0 Å². The minimum absolute atomic E-state index is 0.122. The van der Waals surface area contributed by atoms with Crippen LogP contribution in [-0.4, -0.2) is 83.4 Å². The van der Waals surface area contributed by atoms with Gasteiger partial charge in [-0.3, -0.25) is 14.6 Å². The molecule has 1 aromatic heterocycles. The highest BCUT2D eigenvalue weighted by molar-refractivity contribution is 5.96. The number of hydrogen-bond acceptors (Lipinski definition) is 6. The van der Waals surface area contributed by atoms with Crippen LogP contribution in [0.5, 0.6) is 0 Å². The molecule has 10 heteroatoms. The lowest BCUT2D eigenvalue weighted by Crippen LogP contribution is -2.57. The average Bonchev–Trinajstić information content (AvgIpc) is 2.76. The van der Waals surface area contributed by atoms with Crippen molar-refractivity contribution in [3.05, 3.63) is 58.8 Å². The molecule has 1 atom stereocenters. The summed E-state index contributed by atoms with van der Waals surface area (Å²) in [6.07, 6.45) is -2.41. The predicted octanol–water partition coefficient (Wildman–Crippen LogP) is 2.20. The van der Waals surface area contributed by atoms with Gasteiger partial charge < -0.3 is 15.7 Å². The van der Waals surface area contributed by atoms with E-state index in [0.717, 1.165) is 19.5 Å². The lowest BCUT2D eigenvalue weighted by Gasteiger charge is -2.40. The Morgan fingerprint density at radius 2 is 1.97 bits per heavy atom. The van der Waals surface area contributed by atoms with E-state index >= 15 is 0 Å². The summed E-state index contributed by atoms with van der Waals surface area (Å²) in [7, 11) is 0.